The highest BCUT2D eigenvalue weighted by Crippen LogP contribution is 2.19. The van der Waals surface area contributed by atoms with Crippen LogP contribution < -0.4 is 4.72 Å². The molecule has 0 amide bonds. The number of nitrogens with zero attached hydrogens (tertiary/aromatic N) is 1. The molecule has 0 aliphatic rings. The van der Waals surface area contributed by atoms with E-state index >= 15 is 0 Å². The molecule has 0 saturated heterocycles. The van der Waals surface area contributed by atoms with E-state index in [0.717, 1.165) is 5.56 Å². The van der Waals surface area contributed by atoms with Crippen LogP contribution in [0.15, 0.2) is 47.4 Å². The molecule has 0 radical (unpaired) electrons. The van der Waals surface area contributed by atoms with Gasteiger partial charge in [0.15, 0.2) is 0 Å². The Balaban J connectivity index is 2.25. The van der Waals surface area contributed by atoms with E-state index in [9.17, 15) is 12.8 Å². The van der Waals surface area contributed by atoms with Crippen LogP contribution in [0.25, 0.3) is 0 Å². The van der Waals surface area contributed by atoms with Crippen molar-refractivity contribution in [3.05, 3.63) is 59.4 Å². The summed E-state index contributed by atoms with van der Waals surface area (Å²) in [6.07, 6.45) is 0.227. The molecule has 0 spiro atoms. The van der Waals surface area contributed by atoms with Crippen LogP contribution in [0.2, 0.25) is 0 Å². The van der Waals surface area contributed by atoms with Crippen molar-refractivity contribution < 1.29 is 12.8 Å². The lowest BCUT2D eigenvalue weighted by atomic mass is 10.2. The molecule has 0 aliphatic heterocycles. The van der Waals surface area contributed by atoms with Crippen LogP contribution >= 0.6 is 0 Å². The zero-order chi connectivity index (χ0) is 15.5. The van der Waals surface area contributed by atoms with Crippen LogP contribution in [0.3, 0.4) is 0 Å². The number of hydrogen-bond donors (Lipinski definition) is 1. The Morgan fingerprint density at radius 2 is 1.86 bits per heavy atom. The number of rotatable bonds is 4. The summed E-state index contributed by atoms with van der Waals surface area (Å²) in [6, 6.07) is 12.1. The van der Waals surface area contributed by atoms with E-state index < -0.39 is 10.0 Å². The number of anilines is 1. The lowest BCUT2D eigenvalue weighted by Gasteiger charge is -2.09. The van der Waals surface area contributed by atoms with Gasteiger partial charge in [-0.15, -0.1) is 0 Å². The van der Waals surface area contributed by atoms with E-state index in [1.54, 1.807) is 19.1 Å². The van der Waals surface area contributed by atoms with Gasteiger partial charge in [-0.1, -0.05) is 12.1 Å². The molecule has 0 aliphatic carbocycles. The van der Waals surface area contributed by atoms with Crippen molar-refractivity contribution in [1.29, 1.82) is 5.26 Å². The molecule has 0 aromatic heterocycles. The molecular formula is C15H13FN2O2S. The number of halogens is 1. The van der Waals surface area contributed by atoms with Gasteiger partial charge < -0.3 is 0 Å². The van der Waals surface area contributed by atoms with Crippen LogP contribution in [-0.4, -0.2) is 8.42 Å². The van der Waals surface area contributed by atoms with Crippen molar-refractivity contribution in [1.82, 2.24) is 0 Å². The molecule has 0 atom stereocenters. The molecule has 0 saturated carbocycles. The first kappa shape index (κ1) is 15.0. The smallest absolute Gasteiger partial charge is 0.261 e. The fourth-order valence-corrected chi connectivity index (χ4v) is 2.85. The highest BCUT2D eigenvalue weighted by Gasteiger charge is 2.14. The first-order valence-corrected chi connectivity index (χ1v) is 7.65. The zero-order valence-corrected chi connectivity index (χ0v) is 12.1. The number of benzene rings is 2. The molecule has 2 rings (SSSR count). The summed E-state index contributed by atoms with van der Waals surface area (Å²) >= 11 is 0. The fourth-order valence-electron chi connectivity index (χ4n) is 1.80. The molecule has 1 N–H and O–H groups in total. The molecule has 21 heavy (non-hydrogen) atoms. The highest BCUT2D eigenvalue weighted by molar-refractivity contribution is 7.92. The summed E-state index contributed by atoms with van der Waals surface area (Å²) < 4.78 is 40.0. The molecule has 0 fully saturated rings. The van der Waals surface area contributed by atoms with Gasteiger partial charge in [0.1, 0.15) is 5.82 Å². The summed E-state index contributed by atoms with van der Waals surface area (Å²) in [5, 5.41) is 8.58. The van der Waals surface area contributed by atoms with E-state index in [2.05, 4.69) is 4.72 Å². The van der Waals surface area contributed by atoms with Crippen molar-refractivity contribution in [3.63, 3.8) is 0 Å². The molecule has 6 heteroatoms. The summed E-state index contributed by atoms with van der Waals surface area (Å²) in [5.41, 5.74) is 1.41. The van der Waals surface area contributed by atoms with Gasteiger partial charge >= 0.3 is 0 Å². The molecule has 0 bridgehead atoms. The Bertz CT molecular complexity index is 793. The minimum absolute atomic E-state index is 0.0890. The number of sulfonamides is 1. The SMILES string of the molecule is Cc1cc(NS(=O)(=O)c2ccc(CC#N)cc2)ccc1F. The number of hydrogen-bond acceptors (Lipinski definition) is 3. The van der Waals surface area contributed by atoms with Crippen molar-refractivity contribution in [2.45, 2.75) is 18.2 Å². The topological polar surface area (TPSA) is 70.0 Å². The Kier molecular flexibility index (Phi) is 4.24. The summed E-state index contributed by atoms with van der Waals surface area (Å²) in [6.45, 7) is 1.56. The van der Waals surface area contributed by atoms with Gasteiger partial charge in [-0.2, -0.15) is 5.26 Å². The summed E-state index contributed by atoms with van der Waals surface area (Å²) in [7, 11) is -3.73. The van der Waals surface area contributed by atoms with Gasteiger partial charge in [-0.25, -0.2) is 12.8 Å². The van der Waals surface area contributed by atoms with E-state index in [1.165, 1.54) is 30.3 Å². The summed E-state index contributed by atoms with van der Waals surface area (Å²) in [5.74, 6) is -0.390. The first-order valence-electron chi connectivity index (χ1n) is 6.17. The second-order valence-corrected chi connectivity index (χ2v) is 6.23. The van der Waals surface area contributed by atoms with Gasteiger partial charge in [-0.3, -0.25) is 4.72 Å². The largest absolute Gasteiger partial charge is 0.280 e. The van der Waals surface area contributed by atoms with Crippen molar-refractivity contribution in [2.75, 3.05) is 4.72 Å². The average Bonchev–Trinajstić information content (AvgIpc) is 2.44. The van der Waals surface area contributed by atoms with Crippen LogP contribution in [0.1, 0.15) is 11.1 Å². The van der Waals surface area contributed by atoms with Gasteiger partial charge in [0.2, 0.25) is 0 Å². The maximum Gasteiger partial charge on any atom is 0.261 e. The quantitative estimate of drug-likeness (QED) is 0.944. The molecular weight excluding hydrogens is 291 g/mol. The first-order chi connectivity index (χ1) is 9.92. The third-order valence-corrected chi connectivity index (χ3v) is 4.32. The lowest BCUT2D eigenvalue weighted by molar-refractivity contribution is 0.601. The maximum atomic E-state index is 13.2. The Morgan fingerprint density at radius 1 is 1.19 bits per heavy atom. The minimum Gasteiger partial charge on any atom is -0.280 e. The Hall–Kier alpha value is -2.39. The highest BCUT2D eigenvalue weighted by atomic mass is 32.2. The molecule has 0 heterocycles. The van der Waals surface area contributed by atoms with Crippen LogP contribution in [-0.2, 0) is 16.4 Å². The molecule has 2 aromatic rings. The predicted octanol–water partition coefficient (Wildman–Crippen LogP) is 3.00. The van der Waals surface area contributed by atoms with Crippen LogP contribution in [0, 0.1) is 24.1 Å². The van der Waals surface area contributed by atoms with E-state index in [4.69, 9.17) is 5.26 Å². The van der Waals surface area contributed by atoms with Gasteiger partial charge in [0.25, 0.3) is 10.0 Å². The third kappa shape index (κ3) is 3.58. The standard InChI is InChI=1S/C15H13FN2O2S/c1-11-10-13(4-7-15(11)16)18-21(19,20)14-5-2-12(3-6-14)8-9-17/h2-7,10,18H,8H2,1H3. The van der Waals surface area contributed by atoms with Gasteiger partial charge in [-0.05, 0) is 48.4 Å². The average molecular weight is 304 g/mol. The van der Waals surface area contributed by atoms with E-state index in [0.29, 0.717) is 11.3 Å². The summed E-state index contributed by atoms with van der Waals surface area (Å²) in [4.78, 5) is 0.0890. The van der Waals surface area contributed by atoms with Gasteiger partial charge in [0, 0.05) is 5.69 Å². The molecule has 2 aromatic carbocycles. The number of nitrogens with one attached hydrogen (secondary N) is 1. The van der Waals surface area contributed by atoms with Crippen molar-refractivity contribution >= 4 is 15.7 Å². The molecule has 4 nitrogen and oxygen atoms in total. The lowest BCUT2D eigenvalue weighted by Crippen LogP contribution is -2.13. The van der Waals surface area contributed by atoms with Crippen molar-refractivity contribution in [3.8, 4) is 6.07 Å². The molecule has 108 valence electrons. The zero-order valence-electron chi connectivity index (χ0n) is 11.3. The van der Waals surface area contributed by atoms with Crippen LogP contribution in [0.5, 0.6) is 0 Å². The molecule has 0 unspecified atom stereocenters. The second kappa shape index (κ2) is 5.94. The monoisotopic (exact) mass is 304 g/mol. The van der Waals surface area contributed by atoms with E-state index in [1.807, 2.05) is 6.07 Å². The number of aryl methyl sites for hydroxylation is 1. The Morgan fingerprint density at radius 3 is 2.43 bits per heavy atom. The fraction of sp³-hybridized carbons (Fsp3) is 0.133. The maximum absolute atomic E-state index is 13.2. The minimum atomic E-state index is -3.73. The van der Waals surface area contributed by atoms with Crippen LogP contribution in [0.4, 0.5) is 10.1 Å². The van der Waals surface area contributed by atoms with Gasteiger partial charge in [0.05, 0.1) is 17.4 Å². The second-order valence-electron chi connectivity index (χ2n) is 4.55. The normalized spacial score (nSPS) is 10.9. The number of nitriles is 1. The predicted molar refractivity (Wildman–Crippen MR) is 77.7 cm³/mol. The van der Waals surface area contributed by atoms with Crippen molar-refractivity contribution in [2.24, 2.45) is 0 Å². The van der Waals surface area contributed by atoms with E-state index in [-0.39, 0.29) is 17.1 Å². The Labute approximate surface area is 122 Å². The third-order valence-electron chi connectivity index (χ3n) is 2.93.